The Labute approximate surface area is 162 Å². The molecule has 1 aromatic rings. The predicted octanol–water partition coefficient (Wildman–Crippen LogP) is 3.68. The highest BCUT2D eigenvalue weighted by Gasteiger charge is 2.68. The third-order valence-electron chi connectivity index (χ3n) is 7.98. The first kappa shape index (κ1) is 18.9. The van der Waals surface area contributed by atoms with Crippen LogP contribution >= 0.6 is 0 Å². The summed E-state index contributed by atoms with van der Waals surface area (Å²) < 4.78 is 6.40. The first-order valence-corrected chi connectivity index (χ1v) is 10.4. The van der Waals surface area contributed by atoms with Crippen LogP contribution in [0.4, 0.5) is 0 Å². The third kappa shape index (κ3) is 2.75. The van der Waals surface area contributed by atoms with Gasteiger partial charge in [-0.3, -0.25) is 4.79 Å². The Kier molecular flexibility index (Phi) is 4.63. The number of fused-ring (bicyclic) bond motifs is 1. The van der Waals surface area contributed by atoms with E-state index in [2.05, 4.69) is 51.2 Å². The lowest BCUT2D eigenvalue weighted by Crippen LogP contribution is -2.59. The van der Waals surface area contributed by atoms with Gasteiger partial charge in [0.1, 0.15) is 0 Å². The number of carbonyl (C=O) groups excluding carboxylic acids is 1. The molecule has 4 nitrogen and oxygen atoms in total. The number of aliphatic hydroxyl groups is 1. The summed E-state index contributed by atoms with van der Waals surface area (Å²) >= 11 is 0. The van der Waals surface area contributed by atoms with Crippen LogP contribution in [0.5, 0.6) is 0 Å². The molecule has 1 spiro atoms. The van der Waals surface area contributed by atoms with Gasteiger partial charge in [-0.2, -0.15) is 0 Å². The second kappa shape index (κ2) is 6.59. The minimum Gasteiger partial charge on any atom is -0.396 e. The molecule has 2 aliphatic carbocycles. The number of aryl methyl sites for hydroxylation is 2. The number of amides is 1. The fraction of sp³-hybridized carbons (Fsp3) is 0.696. The van der Waals surface area contributed by atoms with Gasteiger partial charge in [-0.1, -0.05) is 32.0 Å². The standard InChI is InChI=1S/C23H33NO3/c1-14-6-5-7-15(2)19(14)20-17-12-16-13-23(17,9-11-27-20)21(22(16,3)4)24-18(26)8-10-25/h5-7,16-17,20-21,25H,8-13H2,1-4H3,(H,24,26)/t16-,17-,20+,21+,23?/m1/s1. The Balaban J connectivity index is 1.71. The second-order valence-corrected chi connectivity index (χ2v) is 9.62. The topological polar surface area (TPSA) is 58.6 Å². The summed E-state index contributed by atoms with van der Waals surface area (Å²) in [5.41, 5.74) is 4.16. The Hall–Kier alpha value is -1.39. The SMILES string of the molecule is Cc1cccc(C)c1[C@H]1OCCC23C[C@@H](C[C@H]12)C(C)(C)[C@@H]3NC(=O)CCO. The van der Waals surface area contributed by atoms with Gasteiger partial charge in [0.15, 0.2) is 0 Å². The van der Waals surface area contributed by atoms with Gasteiger partial charge in [-0.05, 0) is 72.5 Å². The Morgan fingerprint density at radius 3 is 2.67 bits per heavy atom. The van der Waals surface area contributed by atoms with Crippen LogP contribution in [0.3, 0.4) is 0 Å². The highest BCUT2D eigenvalue weighted by Crippen LogP contribution is 2.70. The van der Waals surface area contributed by atoms with Crippen LogP contribution in [0, 0.1) is 36.5 Å². The van der Waals surface area contributed by atoms with Crippen molar-refractivity contribution in [2.45, 2.75) is 65.5 Å². The van der Waals surface area contributed by atoms with E-state index in [1.165, 1.54) is 29.5 Å². The summed E-state index contributed by atoms with van der Waals surface area (Å²) in [6, 6.07) is 6.65. The van der Waals surface area contributed by atoms with E-state index in [-0.39, 0.29) is 41.9 Å². The van der Waals surface area contributed by atoms with Gasteiger partial charge >= 0.3 is 0 Å². The molecule has 0 radical (unpaired) electrons. The molecule has 2 N–H and O–H groups in total. The van der Waals surface area contributed by atoms with E-state index < -0.39 is 0 Å². The van der Waals surface area contributed by atoms with E-state index >= 15 is 0 Å². The molecular weight excluding hydrogens is 338 g/mol. The van der Waals surface area contributed by atoms with Gasteiger partial charge in [-0.25, -0.2) is 0 Å². The van der Waals surface area contributed by atoms with Crippen molar-refractivity contribution in [1.29, 1.82) is 0 Å². The summed E-state index contributed by atoms with van der Waals surface area (Å²) in [6.45, 7) is 9.67. The van der Waals surface area contributed by atoms with Gasteiger partial charge in [0.2, 0.25) is 5.91 Å². The first-order valence-electron chi connectivity index (χ1n) is 10.4. The molecule has 3 fully saturated rings. The highest BCUT2D eigenvalue weighted by atomic mass is 16.5. The predicted molar refractivity (Wildman–Crippen MR) is 105 cm³/mol. The molecule has 1 amide bonds. The van der Waals surface area contributed by atoms with Crippen molar-refractivity contribution in [1.82, 2.24) is 5.32 Å². The van der Waals surface area contributed by atoms with Crippen molar-refractivity contribution < 1.29 is 14.6 Å². The molecule has 1 aromatic carbocycles. The number of nitrogens with one attached hydrogen (secondary N) is 1. The van der Waals surface area contributed by atoms with Crippen LogP contribution in [-0.4, -0.2) is 30.3 Å². The van der Waals surface area contributed by atoms with Gasteiger partial charge in [0.05, 0.1) is 12.7 Å². The first-order chi connectivity index (χ1) is 12.8. The molecule has 4 rings (SSSR count). The minimum absolute atomic E-state index is 0.0219. The lowest BCUT2D eigenvalue weighted by Gasteiger charge is -2.53. The summed E-state index contributed by atoms with van der Waals surface area (Å²) in [5.74, 6) is 1.03. The number of ether oxygens (including phenoxy) is 1. The largest absolute Gasteiger partial charge is 0.396 e. The highest BCUT2D eigenvalue weighted by molar-refractivity contribution is 5.76. The summed E-state index contributed by atoms with van der Waals surface area (Å²) in [7, 11) is 0. The zero-order chi connectivity index (χ0) is 19.4. The van der Waals surface area contributed by atoms with Crippen molar-refractivity contribution in [3.63, 3.8) is 0 Å². The second-order valence-electron chi connectivity index (χ2n) is 9.62. The number of aliphatic hydroxyl groups excluding tert-OH is 1. The summed E-state index contributed by atoms with van der Waals surface area (Å²) in [6.07, 6.45) is 3.69. The molecule has 5 atom stereocenters. The molecule has 1 heterocycles. The number of carbonyl (C=O) groups is 1. The molecule has 4 heteroatoms. The number of hydrogen-bond donors (Lipinski definition) is 2. The Morgan fingerprint density at radius 2 is 2.00 bits per heavy atom. The molecule has 1 aliphatic heterocycles. The maximum atomic E-state index is 12.4. The summed E-state index contributed by atoms with van der Waals surface area (Å²) in [5, 5.41) is 12.5. The quantitative estimate of drug-likeness (QED) is 0.849. The fourth-order valence-corrected chi connectivity index (χ4v) is 6.68. The normalized spacial score (nSPS) is 36.5. The van der Waals surface area contributed by atoms with Crippen LogP contribution in [-0.2, 0) is 9.53 Å². The van der Waals surface area contributed by atoms with E-state index in [4.69, 9.17) is 4.74 Å². The van der Waals surface area contributed by atoms with Gasteiger partial charge in [-0.15, -0.1) is 0 Å². The van der Waals surface area contributed by atoms with Crippen molar-refractivity contribution in [2.75, 3.05) is 13.2 Å². The molecule has 0 aromatic heterocycles. The molecule has 2 bridgehead atoms. The van der Waals surface area contributed by atoms with E-state index in [0.29, 0.717) is 11.8 Å². The molecule has 148 valence electrons. The molecule has 1 unspecified atom stereocenters. The van der Waals surface area contributed by atoms with Crippen LogP contribution < -0.4 is 5.32 Å². The smallest absolute Gasteiger partial charge is 0.222 e. The van der Waals surface area contributed by atoms with Crippen LogP contribution in [0.1, 0.15) is 62.3 Å². The zero-order valence-electron chi connectivity index (χ0n) is 17.0. The maximum Gasteiger partial charge on any atom is 0.222 e. The number of benzene rings is 1. The van der Waals surface area contributed by atoms with E-state index in [9.17, 15) is 9.90 Å². The number of hydrogen-bond acceptors (Lipinski definition) is 3. The monoisotopic (exact) mass is 371 g/mol. The lowest BCUT2D eigenvalue weighted by atomic mass is 9.58. The molecule has 27 heavy (non-hydrogen) atoms. The van der Waals surface area contributed by atoms with E-state index in [1.807, 2.05) is 0 Å². The molecule has 1 saturated heterocycles. The fourth-order valence-electron chi connectivity index (χ4n) is 6.68. The van der Waals surface area contributed by atoms with Crippen LogP contribution in [0.15, 0.2) is 18.2 Å². The van der Waals surface area contributed by atoms with Gasteiger partial charge in [0, 0.05) is 19.1 Å². The van der Waals surface area contributed by atoms with Crippen LogP contribution in [0.25, 0.3) is 0 Å². The third-order valence-corrected chi connectivity index (χ3v) is 7.98. The van der Waals surface area contributed by atoms with E-state index in [1.54, 1.807) is 0 Å². The van der Waals surface area contributed by atoms with E-state index in [0.717, 1.165) is 13.0 Å². The zero-order valence-corrected chi connectivity index (χ0v) is 17.0. The van der Waals surface area contributed by atoms with Crippen molar-refractivity contribution in [2.24, 2.45) is 22.7 Å². The molecule has 3 aliphatic rings. The van der Waals surface area contributed by atoms with Crippen LogP contribution in [0.2, 0.25) is 0 Å². The molecule has 2 saturated carbocycles. The van der Waals surface area contributed by atoms with Crippen molar-refractivity contribution >= 4 is 5.91 Å². The minimum atomic E-state index is -0.0903. The van der Waals surface area contributed by atoms with Crippen molar-refractivity contribution in [3.05, 3.63) is 34.9 Å². The molecular formula is C23H33NO3. The van der Waals surface area contributed by atoms with Gasteiger partial charge in [0.25, 0.3) is 0 Å². The van der Waals surface area contributed by atoms with Gasteiger partial charge < -0.3 is 15.2 Å². The average Bonchev–Trinajstić information content (AvgIpc) is 3.09. The average molecular weight is 372 g/mol. The lowest BCUT2D eigenvalue weighted by molar-refractivity contribution is -0.137. The van der Waals surface area contributed by atoms with Crippen molar-refractivity contribution in [3.8, 4) is 0 Å². The maximum absolute atomic E-state index is 12.4. The Morgan fingerprint density at radius 1 is 1.30 bits per heavy atom. The Bertz CT molecular complexity index is 723. The number of rotatable bonds is 4. The summed E-state index contributed by atoms with van der Waals surface area (Å²) in [4.78, 5) is 12.4.